The van der Waals surface area contributed by atoms with Crippen LogP contribution in [0.4, 0.5) is 13.2 Å². The van der Waals surface area contributed by atoms with E-state index >= 15 is 0 Å². The van der Waals surface area contributed by atoms with E-state index in [4.69, 9.17) is 14.2 Å². The maximum atomic E-state index is 14.2. The third kappa shape index (κ3) is 6.02. The number of carbonyl (C=O) groups is 1. The summed E-state index contributed by atoms with van der Waals surface area (Å²) < 4.78 is 56.8. The van der Waals surface area contributed by atoms with Gasteiger partial charge >= 0.3 is 6.04 Å². The van der Waals surface area contributed by atoms with Crippen LogP contribution in [0.2, 0.25) is 0 Å². The lowest BCUT2D eigenvalue weighted by Gasteiger charge is -2.32. The number of fused-ring (bicyclic) bond motifs is 1. The second-order valence-corrected chi connectivity index (χ2v) is 9.48. The molecule has 3 aromatic rings. The van der Waals surface area contributed by atoms with Crippen molar-refractivity contribution in [2.45, 2.75) is 31.8 Å². The highest BCUT2D eigenvalue weighted by atomic mass is 19.2. The molecule has 1 N–H and O–H groups in total. The highest BCUT2D eigenvalue weighted by Gasteiger charge is 2.37. The van der Waals surface area contributed by atoms with E-state index in [1.54, 1.807) is 30.5 Å². The Hall–Kier alpha value is -3.79. The minimum Gasteiger partial charge on any atom is -0.489 e. The number of rotatable bonds is 8. The fourth-order valence-electron chi connectivity index (χ4n) is 4.71. The fraction of sp³-hybridized carbons (Fsp3) is 0.357. The highest BCUT2D eigenvalue weighted by molar-refractivity contribution is 5.79. The van der Waals surface area contributed by atoms with E-state index in [1.165, 1.54) is 13.0 Å². The first-order chi connectivity index (χ1) is 18.3. The number of carbonyl (C=O) groups excluding carboxylic acids is 1. The molecule has 1 unspecified atom stereocenters. The van der Waals surface area contributed by atoms with E-state index in [1.807, 2.05) is 12.1 Å². The molecule has 7 nitrogen and oxygen atoms in total. The average Bonchev–Trinajstić information content (AvgIpc) is 3.22. The Labute approximate surface area is 218 Å². The van der Waals surface area contributed by atoms with Crippen molar-refractivity contribution in [2.24, 2.45) is 5.92 Å². The molecule has 1 fully saturated rings. The standard InChI is InChI=1S/C28H28F3N3O4/c1-28(31)37-24-7-5-19(16-25(24)38-28)26(22-4-2-3-11-32-22)33-27(35)18-9-12-34(13-10-18)14-15-36-23-8-6-20(29)17-21(23)30/h2-8,11,16-18,26H,9-10,12-15H2,1H3,(H,33,35)/t26-,28?/m0/s1. The van der Waals surface area contributed by atoms with Crippen LogP contribution in [0, 0.1) is 17.6 Å². The van der Waals surface area contributed by atoms with Gasteiger partial charge in [-0.25, -0.2) is 8.78 Å². The third-order valence-electron chi connectivity index (χ3n) is 6.67. The van der Waals surface area contributed by atoms with Gasteiger partial charge in [0, 0.05) is 31.6 Å². The Bertz CT molecular complexity index is 1280. The van der Waals surface area contributed by atoms with Gasteiger partial charge in [0.25, 0.3) is 0 Å². The van der Waals surface area contributed by atoms with Gasteiger partial charge in [0.05, 0.1) is 11.7 Å². The third-order valence-corrected chi connectivity index (χ3v) is 6.67. The molecule has 5 rings (SSSR count). The molecule has 0 spiro atoms. The van der Waals surface area contributed by atoms with Gasteiger partial charge in [0.2, 0.25) is 5.91 Å². The summed E-state index contributed by atoms with van der Waals surface area (Å²) in [4.78, 5) is 19.9. The Morgan fingerprint density at radius 3 is 2.66 bits per heavy atom. The van der Waals surface area contributed by atoms with E-state index in [0.717, 1.165) is 12.1 Å². The molecule has 1 saturated heterocycles. The van der Waals surface area contributed by atoms with Crippen molar-refractivity contribution in [3.63, 3.8) is 0 Å². The van der Waals surface area contributed by atoms with Crippen LogP contribution in [0.25, 0.3) is 0 Å². The minimum absolute atomic E-state index is 0.0147. The number of hydrogen-bond acceptors (Lipinski definition) is 6. The number of nitrogens with one attached hydrogen (secondary N) is 1. The molecule has 1 amide bonds. The lowest BCUT2D eigenvalue weighted by molar-refractivity contribution is -0.173. The molecule has 0 aliphatic carbocycles. The van der Waals surface area contributed by atoms with Crippen LogP contribution in [0.3, 0.4) is 0 Å². The lowest BCUT2D eigenvalue weighted by Crippen LogP contribution is -2.43. The Kier molecular flexibility index (Phi) is 7.42. The zero-order valence-corrected chi connectivity index (χ0v) is 20.8. The number of piperidine rings is 1. The van der Waals surface area contributed by atoms with Crippen LogP contribution in [-0.4, -0.2) is 48.1 Å². The number of amides is 1. The van der Waals surface area contributed by atoms with Crippen molar-refractivity contribution in [1.82, 2.24) is 15.2 Å². The largest absolute Gasteiger partial charge is 0.489 e. The number of likely N-dealkylation sites (tertiary alicyclic amines) is 1. The summed E-state index contributed by atoms with van der Waals surface area (Å²) in [7, 11) is 0. The SMILES string of the molecule is CC1(F)Oc2ccc([C@H](NC(=O)C3CCN(CCOc4ccc(F)cc4F)CC3)c3ccccn3)cc2O1. The quantitative estimate of drug-likeness (QED) is 0.455. The van der Waals surface area contributed by atoms with Crippen molar-refractivity contribution in [3.8, 4) is 17.2 Å². The Balaban J connectivity index is 1.18. The van der Waals surface area contributed by atoms with Gasteiger partial charge in [-0.2, -0.15) is 4.39 Å². The average molecular weight is 528 g/mol. The summed E-state index contributed by atoms with van der Waals surface area (Å²) in [5.74, 6) is -1.11. The first-order valence-electron chi connectivity index (χ1n) is 12.5. The molecule has 2 aliphatic heterocycles. The molecule has 2 aliphatic rings. The summed E-state index contributed by atoms with van der Waals surface area (Å²) in [5, 5.41) is 3.11. The molecule has 0 bridgehead atoms. The number of alkyl halides is 1. The van der Waals surface area contributed by atoms with E-state index in [2.05, 4.69) is 15.2 Å². The topological polar surface area (TPSA) is 72.9 Å². The summed E-state index contributed by atoms with van der Waals surface area (Å²) in [6.07, 6.45) is 2.94. The van der Waals surface area contributed by atoms with Crippen LogP contribution >= 0.6 is 0 Å². The van der Waals surface area contributed by atoms with Gasteiger partial charge in [-0.1, -0.05) is 12.1 Å². The summed E-state index contributed by atoms with van der Waals surface area (Å²) >= 11 is 0. The molecule has 1 aromatic heterocycles. The molecule has 0 saturated carbocycles. The second kappa shape index (κ2) is 10.9. The molecule has 0 radical (unpaired) electrons. The van der Waals surface area contributed by atoms with Crippen molar-refractivity contribution in [2.75, 3.05) is 26.2 Å². The van der Waals surface area contributed by atoms with Crippen LogP contribution in [0.15, 0.2) is 60.8 Å². The van der Waals surface area contributed by atoms with E-state index < -0.39 is 23.7 Å². The van der Waals surface area contributed by atoms with Crippen LogP contribution in [0.5, 0.6) is 17.2 Å². The molecule has 3 heterocycles. The van der Waals surface area contributed by atoms with Gasteiger partial charge in [-0.05, 0) is 67.9 Å². The van der Waals surface area contributed by atoms with Crippen molar-refractivity contribution < 1.29 is 32.2 Å². The summed E-state index contributed by atoms with van der Waals surface area (Å²) in [5.41, 5.74) is 1.34. The molecular formula is C28H28F3N3O4. The van der Waals surface area contributed by atoms with Gasteiger partial charge in [-0.3, -0.25) is 14.7 Å². The predicted octanol–water partition coefficient (Wildman–Crippen LogP) is 4.77. The van der Waals surface area contributed by atoms with Gasteiger partial charge in [0.15, 0.2) is 23.1 Å². The van der Waals surface area contributed by atoms with Crippen molar-refractivity contribution in [1.29, 1.82) is 0 Å². The van der Waals surface area contributed by atoms with Crippen molar-refractivity contribution >= 4 is 5.91 Å². The number of aromatic nitrogens is 1. The van der Waals surface area contributed by atoms with Gasteiger partial charge in [-0.15, -0.1) is 0 Å². The van der Waals surface area contributed by atoms with Crippen LogP contribution in [-0.2, 0) is 4.79 Å². The Morgan fingerprint density at radius 1 is 1.13 bits per heavy atom. The molecule has 2 atom stereocenters. The molecule has 10 heteroatoms. The smallest absolute Gasteiger partial charge is 0.404 e. The van der Waals surface area contributed by atoms with Crippen LogP contribution in [0.1, 0.15) is 37.1 Å². The second-order valence-electron chi connectivity index (χ2n) is 9.48. The van der Waals surface area contributed by atoms with E-state index in [0.29, 0.717) is 49.5 Å². The summed E-state index contributed by atoms with van der Waals surface area (Å²) in [6, 6.07) is 10.9. The highest BCUT2D eigenvalue weighted by Crippen LogP contribution is 2.41. The predicted molar refractivity (Wildman–Crippen MR) is 132 cm³/mol. The number of nitrogens with zero attached hydrogens (tertiary/aromatic N) is 2. The number of ether oxygens (including phenoxy) is 3. The number of halogens is 3. The van der Waals surface area contributed by atoms with Gasteiger partial charge in [0.1, 0.15) is 12.4 Å². The maximum Gasteiger partial charge on any atom is 0.404 e. The molecule has 2 aromatic carbocycles. The van der Waals surface area contributed by atoms with Gasteiger partial charge < -0.3 is 19.5 Å². The number of hydrogen-bond donors (Lipinski definition) is 1. The first kappa shape index (κ1) is 25.8. The fourth-order valence-corrected chi connectivity index (χ4v) is 4.71. The van der Waals surface area contributed by atoms with Crippen molar-refractivity contribution in [3.05, 3.63) is 83.7 Å². The molecule has 38 heavy (non-hydrogen) atoms. The van der Waals surface area contributed by atoms with Crippen LogP contribution < -0.4 is 19.5 Å². The number of pyridine rings is 1. The zero-order valence-electron chi connectivity index (χ0n) is 20.8. The van der Waals surface area contributed by atoms with E-state index in [-0.39, 0.29) is 29.9 Å². The molecular weight excluding hydrogens is 499 g/mol. The lowest BCUT2D eigenvalue weighted by atomic mass is 9.94. The Morgan fingerprint density at radius 2 is 1.92 bits per heavy atom. The summed E-state index contributed by atoms with van der Waals surface area (Å²) in [6.45, 7) is 3.36. The monoisotopic (exact) mass is 527 g/mol. The number of benzene rings is 2. The zero-order chi connectivity index (χ0) is 26.7. The normalized spacial score (nSPS) is 20.2. The maximum absolute atomic E-state index is 14.2. The minimum atomic E-state index is -2.24. The molecule has 200 valence electrons. The van der Waals surface area contributed by atoms with E-state index in [9.17, 15) is 18.0 Å². The first-order valence-corrected chi connectivity index (χ1v) is 12.5.